The van der Waals surface area contributed by atoms with Gasteiger partial charge in [0.25, 0.3) is 10.1 Å². The van der Waals surface area contributed by atoms with E-state index in [-0.39, 0.29) is 4.90 Å². The van der Waals surface area contributed by atoms with Crippen molar-refractivity contribution < 1.29 is 13.0 Å². The van der Waals surface area contributed by atoms with E-state index in [1.807, 2.05) is 0 Å². The first kappa shape index (κ1) is 9.11. The van der Waals surface area contributed by atoms with Crippen molar-refractivity contribution in [3.8, 4) is 0 Å². The van der Waals surface area contributed by atoms with E-state index in [9.17, 15) is 8.42 Å². The number of hydrogen-bond acceptors (Lipinski definition) is 3. The predicted octanol–water partition coefficient (Wildman–Crippen LogP) is 1.48. The highest BCUT2D eigenvalue weighted by Crippen LogP contribution is 2.19. The van der Waals surface area contributed by atoms with Crippen molar-refractivity contribution in [2.45, 2.75) is 4.90 Å². The maximum atomic E-state index is 11.0. The number of fused-ring (bicyclic) bond motifs is 1. The van der Waals surface area contributed by atoms with Gasteiger partial charge in [0.1, 0.15) is 4.90 Å². The molecule has 1 aromatic carbocycles. The summed E-state index contributed by atoms with van der Waals surface area (Å²) in [5, 5.41) is 0.428. The van der Waals surface area contributed by atoms with Crippen molar-refractivity contribution in [2.24, 2.45) is 0 Å². The largest absolute Gasteiger partial charge is 0.295 e. The van der Waals surface area contributed by atoms with E-state index in [0.29, 0.717) is 10.9 Å². The highest BCUT2D eigenvalue weighted by atomic mass is 32.2. The van der Waals surface area contributed by atoms with Gasteiger partial charge in [-0.15, -0.1) is 0 Å². The van der Waals surface area contributed by atoms with E-state index < -0.39 is 10.1 Å². The third kappa shape index (κ3) is 1.47. The maximum absolute atomic E-state index is 11.0. The molecule has 72 valence electrons. The number of hydrogen-bond donors (Lipinski definition) is 1. The second kappa shape index (κ2) is 3.04. The third-order valence-electron chi connectivity index (χ3n) is 1.89. The fourth-order valence-electron chi connectivity index (χ4n) is 1.29. The van der Waals surface area contributed by atoms with Crippen LogP contribution in [0.4, 0.5) is 0 Å². The van der Waals surface area contributed by atoms with Gasteiger partial charge in [-0.25, -0.2) is 0 Å². The smallest absolute Gasteiger partial charge is 0.282 e. The predicted molar refractivity (Wildman–Crippen MR) is 51.6 cm³/mol. The summed E-state index contributed by atoms with van der Waals surface area (Å²) < 4.78 is 30.9. The lowest BCUT2D eigenvalue weighted by Crippen LogP contribution is -1.99. The summed E-state index contributed by atoms with van der Waals surface area (Å²) in [7, 11) is -4.17. The Balaban J connectivity index is 2.92. The summed E-state index contributed by atoms with van der Waals surface area (Å²) >= 11 is 0. The molecule has 0 spiro atoms. The minimum atomic E-state index is -4.17. The molecule has 0 amide bonds. The molecule has 0 atom stereocenters. The zero-order valence-corrected chi connectivity index (χ0v) is 7.90. The standard InChI is InChI=1S/C9H7NO3S/c11-14(12,13)9-5-6-10-8-4-2-1-3-7(8)9/h1-6H,(H,11,12,13). The minimum absolute atomic E-state index is 0.108. The van der Waals surface area contributed by atoms with Crippen molar-refractivity contribution in [1.29, 1.82) is 0 Å². The van der Waals surface area contributed by atoms with Crippen LogP contribution in [0.3, 0.4) is 0 Å². The molecule has 0 saturated heterocycles. The summed E-state index contributed by atoms with van der Waals surface area (Å²) in [5.74, 6) is 0. The molecule has 0 aliphatic carbocycles. The Morgan fingerprint density at radius 1 is 1.14 bits per heavy atom. The molecule has 4 nitrogen and oxygen atoms in total. The van der Waals surface area contributed by atoms with Crippen LogP contribution in [0.5, 0.6) is 0 Å². The van der Waals surface area contributed by atoms with Crippen LogP contribution in [-0.4, -0.2) is 18.0 Å². The second-order valence-corrected chi connectivity index (χ2v) is 4.19. The Morgan fingerprint density at radius 3 is 2.57 bits per heavy atom. The Bertz CT molecular complexity index is 572. The van der Waals surface area contributed by atoms with E-state index in [1.54, 1.807) is 24.3 Å². The first-order valence-corrected chi connectivity index (χ1v) is 5.34. The van der Waals surface area contributed by atoms with Crippen molar-refractivity contribution in [2.75, 3.05) is 0 Å². The Kier molecular flexibility index (Phi) is 1.98. The van der Waals surface area contributed by atoms with E-state index in [1.165, 1.54) is 12.3 Å². The molecule has 1 N–H and O–H groups in total. The zero-order chi connectivity index (χ0) is 10.2. The summed E-state index contributed by atoms with van der Waals surface area (Å²) in [5.41, 5.74) is 0.544. The van der Waals surface area contributed by atoms with Crippen LogP contribution in [0.25, 0.3) is 10.9 Å². The number of para-hydroxylation sites is 1. The van der Waals surface area contributed by atoms with Crippen molar-refractivity contribution in [3.63, 3.8) is 0 Å². The Hall–Kier alpha value is -1.46. The second-order valence-electron chi connectivity index (χ2n) is 2.80. The van der Waals surface area contributed by atoms with E-state index in [4.69, 9.17) is 4.55 Å². The average Bonchev–Trinajstić information content (AvgIpc) is 2.15. The van der Waals surface area contributed by atoms with Crippen LogP contribution in [0.2, 0.25) is 0 Å². The first-order chi connectivity index (χ1) is 6.59. The summed E-state index contributed by atoms with van der Waals surface area (Å²) in [6.45, 7) is 0. The molecular formula is C9H7NO3S. The molecule has 0 unspecified atom stereocenters. The number of nitrogens with zero attached hydrogens (tertiary/aromatic N) is 1. The fraction of sp³-hybridized carbons (Fsp3) is 0. The summed E-state index contributed by atoms with van der Waals surface area (Å²) in [4.78, 5) is 3.87. The van der Waals surface area contributed by atoms with E-state index in [2.05, 4.69) is 4.98 Å². The molecule has 0 saturated carbocycles. The monoisotopic (exact) mass is 209 g/mol. The van der Waals surface area contributed by atoms with Gasteiger partial charge in [-0.3, -0.25) is 9.54 Å². The van der Waals surface area contributed by atoms with Gasteiger partial charge < -0.3 is 0 Å². The highest BCUT2D eigenvalue weighted by molar-refractivity contribution is 7.86. The number of pyridine rings is 1. The van der Waals surface area contributed by atoms with E-state index in [0.717, 1.165) is 0 Å². The normalized spacial score (nSPS) is 11.8. The van der Waals surface area contributed by atoms with Crippen molar-refractivity contribution >= 4 is 21.0 Å². The summed E-state index contributed by atoms with van der Waals surface area (Å²) in [6, 6.07) is 8.01. The lowest BCUT2D eigenvalue weighted by atomic mass is 10.2. The molecule has 1 heterocycles. The van der Waals surface area contributed by atoms with Gasteiger partial charge in [0.2, 0.25) is 0 Å². The molecule has 5 heteroatoms. The molecule has 2 rings (SSSR count). The lowest BCUT2D eigenvalue weighted by molar-refractivity contribution is 0.484. The third-order valence-corrected chi connectivity index (χ3v) is 2.80. The molecule has 0 radical (unpaired) electrons. The van der Waals surface area contributed by atoms with Crippen LogP contribution in [-0.2, 0) is 10.1 Å². The van der Waals surface area contributed by atoms with Gasteiger partial charge in [0.15, 0.2) is 0 Å². The van der Waals surface area contributed by atoms with Crippen LogP contribution >= 0.6 is 0 Å². The van der Waals surface area contributed by atoms with Gasteiger partial charge in [0, 0.05) is 11.6 Å². The maximum Gasteiger partial charge on any atom is 0.295 e. The van der Waals surface area contributed by atoms with Crippen molar-refractivity contribution in [3.05, 3.63) is 36.5 Å². The van der Waals surface area contributed by atoms with Gasteiger partial charge in [0.05, 0.1) is 5.52 Å². The summed E-state index contributed by atoms with van der Waals surface area (Å²) in [6.07, 6.45) is 1.35. The number of aromatic nitrogens is 1. The average molecular weight is 209 g/mol. The quantitative estimate of drug-likeness (QED) is 0.722. The van der Waals surface area contributed by atoms with Gasteiger partial charge in [-0.2, -0.15) is 8.42 Å². The molecule has 14 heavy (non-hydrogen) atoms. The molecule has 2 aromatic rings. The minimum Gasteiger partial charge on any atom is -0.282 e. The lowest BCUT2D eigenvalue weighted by Gasteiger charge is -2.01. The first-order valence-electron chi connectivity index (χ1n) is 3.90. The zero-order valence-electron chi connectivity index (χ0n) is 7.08. The molecular weight excluding hydrogens is 202 g/mol. The van der Waals surface area contributed by atoms with Gasteiger partial charge in [-0.1, -0.05) is 18.2 Å². The molecule has 0 aliphatic heterocycles. The molecule has 0 aliphatic rings. The molecule has 0 fully saturated rings. The van der Waals surface area contributed by atoms with Crippen LogP contribution in [0.15, 0.2) is 41.4 Å². The topological polar surface area (TPSA) is 67.3 Å². The van der Waals surface area contributed by atoms with Crippen molar-refractivity contribution in [1.82, 2.24) is 4.98 Å². The van der Waals surface area contributed by atoms with Gasteiger partial charge in [-0.05, 0) is 12.1 Å². The Labute approximate surface area is 81.0 Å². The molecule has 1 aromatic heterocycles. The van der Waals surface area contributed by atoms with E-state index >= 15 is 0 Å². The van der Waals surface area contributed by atoms with Crippen LogP contribution in [0, 0.1) is 0 Å². The van der Waals surface area contributed by atoms with Crippen LogP contribution < -0.4 is 0 Å². The SMILES string of the molecule is O=S(=O)(O)c1ccnc2ccccc12. The number of rotatable bonds is 1. The fourth-order valence-corrected chi connectivity index (χ4v) is 1.98. The number of benzene rings is 1. The molecule has 0 bridgehead atoms. The Morgan fingerprint density at radius 2 is 1.86 bits per heavy atom. The highest BCUT2D eigenvalue weighted by Gasteiger charge is 2.13. The van der Waals surface area contributed by atoms with Crippen LogP contribution in [0.1, 0.15) is 0 Å². The van der Waals surface area contributed by atoms with Gasteiger partial charge >= 0.3 is 0 Å².